The Hall–Kier alpha value is -0.830. The second kappa shape index (κ2) is 7.44. The summed E-state index contributed by atoms with van der Waals surface area (Å²) in [5, 5.41) is 3.44. The molecule has 0 saturated heterocycles. The normalized spacial score (nSPS) is 10.2. The van der Waals surface area contributed by atoms with Crippen LogP contribution in [0.15, 0.2) is 24.3 Å². The van der Waals surface area contributed by atoms with Gasteiger partial charge in [-0.2, -0.15) is 11.8 Å². The molecule has 0 aliphatic heterocycles. The lowest BCUT2D eigenvalue weighted by atomic mass is 10.2. The minimum atomic E-state index is 1.07. The summed E-state index contributed by atoms with van der Waals surface area (Å²) in [6.07, 6.45) is 4.70. The molecule has 0 saturated carbocycles. The van der Waals surface area contributed by atoms with Crippen LogP contribution < -0.4 is 10.2 Å². The summed E-state index contributed by atoms with van der Waals surface area (Å²) in [5.41, 5.74) is 2.46. The van der Waals surface area contributed by atoms with E-state index in [4.69, 9.17) is 0 Å². The molecule has 0 spiro atoms. The fourth-order valence-electron chi connectivity index (χ4n) is 1.48. The first-order valence-corrected chi connectivity index (χ1v) is 7.13. The molecule has 0 atom stereocenters. The van der Waals surface area contributed by atoms with Crippen molar-refractivity contribution in [2.24, 2.45) is 0 Å². The number of hydrogen-bond acceptors (Lipinski definition) is 3. The van der Waals surface area contributed by atoms with Gasteiger partial charge in [-0.1, -0.05) is 0 Å². The summed E-state index contributed by atoms with van der Waals surface area (Å²) in [6, 6.07) is 8.57. The fraction of sp³-hybridized carbons (Fsp3) is 0.538. The van der Waals surface area contributed by atoms with Crippen molar-refractivity contribution in [1.29, 1.82) is 0 Å². The lowest BCUT2D eigenvalue weighted by Crippen LogP contribution is -2.08. The molecule has 2 nitrogen and oxygen atoms in total. The highest BCUT2D eigenvalue weighted by Gasteiger charge is 1.95. The predicted molar refractivity (Wildman–Crippen MR) is 76.9 cm³/mol. The van der Waals surface area contributed by atoms with E-state index in [1.807, 2.05) is 11.8 Å². The van der Waals surface area contributed by atoms with E-state index in [1.165, 1.54) is 30.0 Å². The first kappa shape index (κ1) is 13.2. The Bertz CT molecular complexity index is 282. The molecule has 0 aromatic heterocycles. The van der Waals surface area contributed by atoms with Crippen molar-refractivity contribution in [3.05, 3.63) is 24.3 Å². The minimum absolute atomic E-state index is 1.07. The summed E-state index contributed by atoms with van der Waals surface area (Å²) >= 11 is 1.92. The van der Waals surface area contributed by atoms with Crippen LogP contribution in [0.2, 0.25) is 0 Å². The molecule has 0 aliphatic carbocycles. The number of nitrogens with zero attached hydrogens (tertiary/aromatic N) is 1. The van der Waals surface area contributed by atoms with Crippen LogP contribution in [0.3, 0.4) is 0 Å². The number of anilines is 2. The molecule has 0 heterocycles. The Morgan fingerprint density at radius 1 is 1.12 bits per heavy atom. The van der Waals surface area contributed by atoms with Gasteiger partial charge >= 0.3 is 0 Å². The first-order valence-electron chi connectivity index (χ1n) is 5.74. The van der Waals surface area contributed by atoms with E-state index in [0.29, 0.717) is 0 Å². The maximum atomic E-state index is 3.44. The van der Waals surface area contributed by atoms with Crippen molar-refractivity contribution in [3.63, 3.8) is 0 Å². The topological polar surface area (TPSA) is 15.3 Å². The minimum Gasteiger partial charge on any atom is -0.385 e. The highest BCUT2D eigenvalue weighted by molar-refractivity contribution is 7.98. The van der Waals surface area contributed by atoms with E-state index in [2.05, 4.69) is 54.8 Å². The van der Waals surface area contributed by atoms with E-state index < -0.39 is 0 Å². The molecule has 1 rings (SSSR count). The maximum absolute atomic E-state index is 3.44. The van der Waals surface area contributed by atoms with Crippen molar-refractivity contribution in [1.82, 2.24) is 0 Å². The third-order valence-corrected chi connectivity index (χ3v) is 3.18. The van der Waals surface area contributed by atoms with E-state index >= 15 is 0 Å². The molecule has 0 amide bonds. The third kappa shape index (κ3) is 4.79. The molecule has 90 valence electrons. The number of hydrogen-bond donors (Lipinski definition) is 1. The second-order valence-corrected chi connectivity index (χ2v) is 5.05. The molecule has 0 bridgehead atoms. The van der Waals surface area contributed by atoms with Crippen molar-refractivity contribution in [3.8, 4) is 0 Å². The molecule has 1 N–H and O–H groups in total. The van der Waals surface area contributed by atoms with Gasteiger partial charge in [0.25, 0.3) is 0 Å². The zero-order valence-electron chi connectivity index (χ0n) is 10.5. The summed E-state index contributed by atoms with van der Waals surface area (Å²) in [4.78, 5) is 2.11. The summed E-state index contributed by atoms with van der Waals surface area (Å²) < 4.78 is 0. The average molecular weight is 238 g/mol. The van der Waals surface area contributed by atoms with Gasteiger partial charge in [0.05, 0.1) is 0 Å². The van der Waals surface area contributed by atoms with Gasteiger partial charge in [0, 0.05) is 32.0 Å². The largest absolute Gasteiger partial charge is 0.385 e. The summed E-state index contributed by atoms with van der Waals surface area (Å²) in [5.74, 6) is 1.27. The molecule has 0 aliphatic rings. The summed E-state index contributed by atoms with van der Waals surface area (Å²) in [6.45, 7) is 1.07. The van der Waals surface area contributed by atoms with E-state index in [9.17, 15) is 0 Å². The number of nitrogens with one attached hydrogen (secondary N) is 1. The number of rotatable bonds is 7. The van der Waals surface area contributed by atoms with Crippen molar-refractivity contribution >= 4 is 23.1 Å². The Morgan fingerprint density at radius 3 is 2.38 bits per heavy atom. The van der Waals surface area contributed by atoms with Crippen LogP contribution in [0.4, 0.5) is 11.4 Å². The molecule has 16 heavy (non-hydrogen) atoms. The molecule has 0 fully saturated rings. The quantitative estimate of drug-likeness (QED) is 0.734. The first-order chi connectivity index (χ1) is 7.74. The van der Waals surface area contributed by atoms with Crippen LogP contribution in [0.5, 0.6) is 0 Å². The predicted octanol–water partition coefficient (Wildman–Crippen LogP) is 3.31. The smallest absolute Gasteiger partial charge is 0.0362 e. The summed E-state index contributed by atoms with van der Waals surface area (Å²) in [7, 11) is 4.12. The number of thioether (sulfide) groups is 1. The van der Waals surface area contributed by atoms with Crippen LogP contribution in [0.1, 0.15) is 12.8 Å². The molecule has 3 heteroatoms. The van der Waals surface area contributed by atoms with Crippen LogP contribution in [-0.4, -0.2) is 32.6 Å². The molecule has 1 aromatic rings. The molecular formula is C13H22N2S. The molecular weight excluding hydrogens is 216 g/mol. The molecule has 0 unspecified atom stereocenters. The van der Waals surface area contributed by atoms with Gasteiger partial charge in [0.15, 0.2) is 0 Å². The van der Waals surface area contributed by atoms with Gasteiger partial charge in [-0.3, -0.25) is 0 Å². The number of unbranched alkanes of at least 4 members (excludes halogenated alkanes) is 1. The van der Waals surface area contributed by atoms with Crippen LogP contribution in [-0.2, 0) is 0 Å². The Kier molecular flexibility index (Phi) is 6.16. The lowest BCUT2D eigenvalue weighted by Gasteiger charge is -2.13. The Morgan fingerprint density at radius 2 is 1.81 bits per heavy atom. The van der Waals surface area contributed by atoms with E-state index in [0.717, 1.165) is 6.54 Å². The molecule has 1 aromatic carbocycles. The van der Waals surface area contributed by atoms with Crippen LogP contribution in [0, 0.1) is 0 Å². The average Bonchev–Trinajstić information content (AvgIpc) is 2.29. The van der Waals surface area contributed by atoms with Crippen LogP contribution >= 0.6 is 11.8 Å². The number of benzene rings is 1. The van der Waals surface area contributed by atoms with E-state index in [-0.39, 0.29) is 0 Å². The maximum Gasteiger partial charge on any atom is 0.0362 e. The van der Waals surface area contributed by atoms with Gasteiger partial charge in [-0.15, -0.1) is 0 Å². The van der Waals surface area contributed by atoms with Crippen molar-refractivity contribution in [2.75, 3.05) is 42.9 Å². The highest BCUT2D eigenvalue weighted by Crippen LogP contribution is 2.15. The lowest BCUT2D eigenvalue weighted by molar-refractivity contribution is 0.843. The molecule has 0 radical (unpaired) electrons. The zero-order valence-corrected chi connectivity index (χ0v) is 11.3. The van der Waals surface area contributed by atoms with Gasteiger partial charge in [-0.05, 0) is 49.1 Å². The van der Waals surface area contributed by atoms with E-state index in [1.54, 1.807) is 0 Å². The Balaban J connectivity index is 2.27. The third-order valence-electron chi connectivity index (χ3n) is 2.49. The highest BCUT2D eigenvalue weighted by atomic mass is 32.2. The van der Waals surface area contributed by atoms with Gasteiger partial charge in [-0.25, -0.2) is 0 Å². The van der Waals surface area contributed by atoms with Gasteiger partial charge < -0.3 is 10.2 Å². The van der Waals surface area contributed by atoms with Crippen LogP contribution in [0.25, 0.3) is 0 Å². The standard InChI is InChI=1S/C13H22N2S/c1-15(2)13-8-6-12(7-9-13)14-10-4-5-11-16-3/h6-9,14H,4-5,10-11H2,1-3H3. The fourth-order valence-corrected chi connectivity index (χ4v) is 1.97. The van der Waals surface area contributed by atoms with Gasteiger partial charge in [0.1, 0.15) is 0 Å². The van der Waals surface area contributed by atoms with Gasteiger partial charge in [0.2, 0.25) is 0 Å². The SMILES string of the molecule is CSCCCCNc1ccc(N(C)C)cc1. The zero-order chi connectivity index (χ0) is 11.8. The second-order valence-electron chi connectivity index (χ2n) is 4.07. The Labute approximate surface area is 103 Å². The van der Waals surface area contributed by atoms with Crippen molar-refractivity contribution < 1.29 is 0 Å². The van der Waals surface area contributed by atoms with Crippen molar-refractivity contribution in [2.45, 2.75) is 12.8 Å². The monoisotopic (exact) mass is 238 g/mol.